The van der Waals surface area contributed by atoms with Gasteiger partial charge in [-0.3, -0.25) is 9.59 Å². The minimum Gasteiger partial charge on any atom is -0.379 e. The molecule has 0 bridgehead atoms. The Labute approximate surface area is 117 Å². The molecule has 20 heavy (non-hydrogen) atoms. The number of nitrogens with two attached hydrogens (primary N) is 1. The summed E-state index contributed by atoms with van der Waals surface area (Å²) in [4.78, 5) is 23.7. The molecule has 0 radical (unpaired) electrons. The third kappa shape index (κ3) is 2.66. The van der Waals surface area contributed by atoms with Crippen molar-refractivity contribution >= 4 is 17.5 Å². The van der Waals surface area contributed by atoms with Crippen LogP contribution in [0, 0.1) is 5.41 Å². The van der Waals surface area contributed by atoms with E-state index in [0.717, 1.165) is 0 Å². The van der Waals surface area contributed by atoms with Crippen molar-refractivity contribution in [3.8, 4) is 0 Å². The smallest absolute Gasteiger partial charge is 0.251 e. The summed E-state index contributed by atoms with van der Waals surface area (Å²) >= 11 is 0. The molecule has 1 aliphatic heterocycles. The molecule has 6 heteroatoms. The third-order valence-electron chi connectivity index (χ3n) is 3.67. The summed E-state index contributed by atoms with van der Waals surface area (Å²) in [7, 11) is 1.57. The maximum absolute atomic E-state index is 12.3. The number of hydrogen-bond acceptors (Lipinski definition) is 4. The molecule has 0 saturated carbocycles. The maximum atomic E-state index is 12.3. The van der Waals surface area contributed by atoms with Crippen LogP contribution < -0.4 is 16.4 Å². The standard InChI is InChI=1S/C14H19N3O3/c1-14(8-20-7-11(14)15)13(19)17-10-5-3-9(4-6-10)12(18)16-2/h3-6,11H,7-8,15H2,1-2H3,(H,16,18)(H,17,19). The minimum atomic E-state index is -0.723. The first-order valence-corrected chi connectivity index (χ1v) is 6.44. The first-order chi connectivity index (χ1) is 9.47. The first kappa shape index (κ1) is 14.5. The topological polar surface area (TPSA) is 93.5 Å². The van der Waals surface area contributed by atoms with Crippen LogP contribution in [0.2, 0.25) is 0 Å². The molecule has 0 aromatic heterocycles. The van der Waals surface area contributed by atoms with E-state index >= 15 is 0 Å². The molecule has 1 saturated heterocycles. The first-order valence-electron chi connectivity index (χ1n) is 6.44. The molecule has 0 spiro atoms. The van der Waals surface area contributed by atoms with Crippen molar-refractivity contribution in [1.29, 1.82) is 0 Å². The highest BCUT2D eigenvalue weighted by atomic mass is 16.5. The molecule has 1 fully saturated rings. The Morgan fingerprint density at radius 1 is 1.35 bits per heavy atom. The predicted molar refractivity (Wildman–Crippen MR) is 75.4 cm³/mol. The molecule has 0 aliphatic carbocycles. The van der Waals surface area contributed by atoms with Crippen molar-refractivity contribution in [1.82, 2.24) is 5.32 Å². The molecule has 4 N–H and O–H groups in total. The average Bonchev–Trinajstić information content (AvgIpc) is 2.80. The molecule has 2 unspecified atom stereocenters. The number of anilines is 1. The van der Waals surface area contributed by atoms with Crippen molar-refractivity contribution in [3.63, 3.8) is 0 Å². The van der Waals surface area contributed by atoms with Crippen molar-refractivity contribution in [2.75, 3.05) is 25.6 Å². The Hall–Kier alpha value is -1.92. The fourth-order valence-electron chi connectivity index (χ4n) is 2.05. The monoisotopic (exact) mass is 277 g/mol. The van der Waals surface area contributed by atoms with E-state index in [0.29, 0.717) is 24.5 Å². The fourth-order valence-corrected chi connectivity index (χ4v) is 2.05. The molecule has 2 rings (SSSR count). The second kappa shape index (κ2) is 5.60. The molecular weight excluding hydrogens is 258 g/mol. The van der Waals surface area contributed by atoms with Crippen molar-refractivity contribution in [2.45, 2.75) is 13.0 Å². The van der Waals surface area contributed by atoms with E-state index in [1.54, 1.807) is 38.2 Å². The third-order valence-corrected chi connectivity index (χ3v) is 3.67. The van der Waals surface area contributed by atoms with Gasteiger partial charge in [0.2, 0.25) is 5.91 Å². The Morgan fingerprint density at radius 2 is 2.00 bits per heavy atom. The summed E-state index contributed by atoms with van der Waals surface area (Å²) < 4.78 is 5.26. The Balaban J connectivity index is 2.07. The fraction of sp³-hybridized carbons (Fsp3) is 0.429. The molecule has 2 atom stereocenters. The van der Waals surface area contributed by atoms with Crippen LogP contribution in [0.15, 0.2) is 24.3 Å². The highest BCUT2D eigenvalue weighted by molar-refractivity contribution is 5.97. The predicted octanol–water partition coefficient (Wildman–Crippen LogP) is 0.349. The summed E-state index contributed by atoms with van der Waals surface area (Å²) in [5, 5.41) is 5.35. The highest BCUT2D eigenvalue weighted by Gasteiger charge is 2.44. The lowest BCUT2D eigenvalue weighted by Crippen LogP contribution is -2.47. The van der Waals surface area contributed by atoms with Gasteiger partial charge in [0.1, 0.15) is 0 Å². The largest absolute Gasteiger partial charge is 0.379 e. The van der Waals surface area contributed by atoms with Crippen LogP contribution in [-0.2, 0) is 9.53 Å². The summed E-state index contributed by atoms with van der Waals surface area (Å²) in [5.41, 5.74) is 6.36. The second-order valence-corrected chi connectivity index (χ2v) is 5.15. The highest BCUT2D eigenvalue weighted by Crippen LogP contribution is 2.28. The van der Waals surface area contributed by atoms with Gasteiger partial charge in [-0.25, -0.2) is 0 Å². The van der Waals surface area contributed by atoms with Gasteiger partial charge >= 0.3 is 0 Å². The Bertz CT molecular complexity index is 515. The lowest BCUT2D eigenvalue weighted by Gasteiger charge is -2.25. The van der Waals surface area contributed by atoms with E-state index in [4.69, 9.17) is 10.5 Å². The quantitative estimate of drug-likeness (QED) is 0.743. The normalized spacial score (nSPS) is 25.2. The van der Waals surface area contributed by atoms with Gasteiger partial charge in [0.25, 0.3) is 5.91 Å². The summed E-state index contributed by atoms with van der Waals surface area (Å²) in [6, 6.07) is 6.37. The lowest BCUT2D eigenvalue weighted by molar-refractivity contribution is -0.125. The molecular formula is C14H19N3O3. The minimum absolute atomic E-state index is 0.166. The summed E-state index contributed by atoms with van der Waals surface area (Å²) in [6.07, 6.45) is 0. The summed E-state index contributed by atoms with van der Waals surface area (Å²) in [6.45, 7) is 2.49. The summed E-state index contributed by atoms with van der Waals surface area (Å²) in [5.74, 6) is -0.337. The van der Waals surface area contributed by atoms with Crippen LogP contribution in [0.3, 0.4) is 0 Å². The van der Waals surface area contributed by atoms with Crippen LogP contribution in [0.1, 0.15) is 17.3 Å². The van der Waals surface area contributed by atoms with Gasteiger partial charge < -0.3 is 21.1 Å². The van der Waals surface area contributed by atoms with Crippen LogP contribution in [-0.4, -0.2) is 38.1 Å². The number of rotatable bonds is 3. The van der Waals surface area contributed by atoms with Crippen molar-refractivity contribution in [2.24, 2.45) is 11.1 Å². The maximum Gasteiger partial charge on any atom is 0.251 e. The molecule has 108 valence electrons. The van der Waals surface area contributed by atoms with Gasteiger partial charge in [0.15, 0.2) is 0 Å². The lowest BCUT2D eigenvalue weighted by atomic mass is 9.85. The van der Waals surface area contributed by atoms with Crippen LogP contribution in [0.5, 0.6) is 0 Å². The van der Waals surface area contributed by atoms with E-state index in [9.17, 15) is 9.59 Å². The Kier molecular flexibility index (Phi) is 4.06. The van der Waals surface area contributed by atoms with Gasteiger partial charge in [-0.2, -0.15) is 0 Å². The van der Waals surface area contributed by atoms with Crippen molar-refractivity contribution in [3.05, 3.63) is 29.8 Å². The molecule has 6 nitrogen and oxygen atoms in total. The van der Waals surface area contributed by atoms with Crippen LogP contribution >= 0.6 is 0 Å². The molecule has 1 aliphatic rings. The number of amides is 2. The average molecular weight is 277 g/mol. The van der Waals surface area contributed by atoms with E-state index in [1.165, 1.54) is 0 Å². The van der Waals surface area contributed by atoms with Crippen LogP contribution in [0.25, 0.3) is 0 Å². The molecule has 1 heterocycles. The molecule has 1 aromatic rings. The zero-order valence-electron chi connectivity index (χ0n) is 11.6. The number of benzene rings is 1. The van der Waals surface area contributed by atoms with E-state index in [-0.39, 0.29) is 17.9 Å². The number of nitrogens with one attached hydrogen (secondary N) is 2. The van der Waals surface area contributed by atoms with Crippen LogP contribution in [0.4, 0.5) is 5.69 Å². The SMILES string of the molecule is CNC(=O)c1ccc(NC(=O)C2(C)COCC2N)cc1. The number of carbonyl (C=O) groups is 2. The molecule has 2 amide bonds. The van der Waals surface area contributed by atoms with E-state index in [1.807, 2.05) is 0 Å². The van der Waals surface area contributed by atoms with E-state index in [2.05, 4.69) is 10.6 Å². The second-order valence-electron chi connectivity index (χ2n) is 5.15. The van der Waals surface area contributed by atoms with Gasteiger partial charge in [0.05, 0.1) is 18.6 Å². The number of carbonyl (C=O) groups excluding carboxylic acids is 2. The van der Waals surface area contributed by atoms with E-state index < -0.39 is 5.41 Å². The zero-order chi connectivity index (χ0) is 14.8. The van der Waals surface area contributed by atoms with Gasteiger partial charge in [-0.1, -0.05) is 0 Å². The van der Waals surface area contributed by atoms with Crippen molar-refractivity contribution < 1.29 is 14.3 Å². The number of ether oxygens (including phenoxy) is 1. The van der Waals surface area contributed by atoms with Gasteiger partial charge in [0, 0.05) is 24.3 Å². The van der Waals surface area contributed by atoms with Gasteiger partial charge in [-0.15, -0.1) is 0 Å². The van der Waals surface area contributed by atoms with Gasteiger partial charge in [-0.05, 0) is 31.2 Å². The number of hydrogen-bond donors (Lipinski definition) is 3. The molecule has 1 aromatic carbocycles. The zero-order valence-corrected chi connectivity index (χ0v) is 11.6. The Morgan fingerprint density at radius 3 is 2.50 bits per heavy atom.